The van der Waals surface area contributed by atoms with Crippen LogP contribution >= 0.6 is 0 Å². The predicted molar refractivity (Wildman–Crippen MR) is 102 cm³/mol. The van der Waals surface area contributed by atoms with Crippen molar-refractivity contribution in [1.82, 2.24) is 15.1 Å². The fraction of sp³-hybridized carbons (Fsp3) is 0.619. The fourth-order valence-corrected chi connectivity index (χ4v) is 4.21. The smallest absolute Gasteiger partial charge is 0.323 e. The molecule has 1 aromatic carbocycles. The number of urea groups is 1. The lowest BCUT2D eigenvalue weighted by molar-refractivity contribution is -0.133. The van der Waals surface area contributed by atoms with Gasteiger partial charge in [0, 0.05) is 6.54 Å². The van der Waals surface area contributed by atoms with Crippen LogP contribution in [0.2, 0.25) is 0 Å². The lowest BCUT2D eigenvalue weighted by Gasteiger charge is -2.30. The standard InChI is InChI=1S/C21H31N3O2/c1-2-15-23(16-18-11-7-6-8-12-18)17-24-19(25)21(22-20(24)26)13-9-4-3-5-10-14-21/h6-8,11-12H,2-5,9-10,13-17H2,1H3,(H,22,26). The van der Waals surface area contributed by atoms with Crippen molar-refractivity contribution in [2.75, 3.05) is 13.2 Å². The largest absolute Gasteiger partial charge is 0.326 e. The third kappa shape index (κ3) is 4.26. The van der Waals surface area contributed by atoms with Crippen molar-refractivity contribution in [1.29, 1.82) is 0 Å². The van der Waals surface area contributed by atoms with Gasteiger partial charge in [-0.15, -0.1) is 0 Å². The summed E-state index contributed by atoms with van der Waals surface area (Å²) in [5.41, 5.74) is 0.552. The lowest BCUT2D eigenvalue weighted by atomic mass is 9.84. The number of hydrogen-bond donors (Lipinski definition) is 1. The molecule has 0 atom stereocenters. The van der Waals surface area contributed by atoms with E-state index in [-0.39, 0.29) is 11.9 Å². The van der Waals surface area contributed by atoms with Gasteiger partial charge >= 0.3 is 6.03 Å². The fourth-order valence-electron chi connectivity index (χ4n) is 4.21. The molecular weight excluding hydrogens is 326 g/mol. The van der Waals surface area contributed by atoms with Crippen molar-refractivity contribution < 1.29 is 9.59 Å². The Labute approximate surface area is 156 Å². The number of amides is 3. The number of hydrogen-bond acceptors (Lipinski definition) is 3. The van der Waals surface area contributed by atoms with E-state index in [0.717, 1.165) is 58.0 Å². The highest BCUT2D eigenvalue weighted by Gasteiger charge is 2.50. The van der Waals surface area contributed by atoms with Crippen molar-refractivity contribution in [3.8, 4) is 0 Å². The molecule has 3 amide bonds. The van der Waals surface area contributed by atoms with Crippen LogP contribution < -0.4 is 5.32 Å². The quantitative estimate of drug-likeness (QED) is 0.786. The van der Waals surface area contributed by atoms with Crippen LogP contribution in [0, 0.1) is 0 Å². The van der Waals surface area contributed by atoms with E-state index in [1.54, 1.807) is 0 Å². The van der Waals surface area contributed by atoms with E-state index in [9.17, 15) is 9.59 Å². The number of rotatable bonds is 6. The van der Waals surface area contributed by atoms with Crippen molar-refractivity contribution in [2.24, 2.45) is 0 Å². The molecule has 0 unspecified atom stereocenters. The maximum absolute atomic E-state index is 13.2. The maximum Gasteiger partial charge on any atom is 0.326 e. The van der Waals surface area contributed by atoms with Gasteiger partial charge in [-0.05, 0) is 31.4 Å². The molecule has 2 fully saturated rings. The zero-order chi connectivity index (χ0) is 18.4. The summed E-state index contributed by atoms with van der Waals surface area (Å²) in [5, 5.41) is 3.06. The molecule has 1 N–H and O–H groups in total. The number of imide groups is 1. The highest BCUT2D eigenvalue weighted by molar-refractivity contribution is 6.07. The molecule has 5 nitrogen and oxygen atoms in total. The van der Waals surface area contributed by atoms with Crippen LogP contribution in [0.5, 0.6) is 0 Å². The molecule has 0 bridgehead atoms. The van der Waals surface area contributed by atoms with Crippen LogP contribution in [-0.2, 0) is 11.3 Å². The van der Waals surface area contributed by atoms with Crippen molar-refractivity contribution in [3.63, 3.8) is 0 Å². The second kappa shape index (κ2) is 8.67. The van der Waals surface area contributed by atoms with Gasteiger partial charge in [-0.2, -0.15) is 0 Å². The SMILES string of the molecule is CCCN(Cc1ccccc1)CN1C(=O)NC2(CCCCCCC2)C1=O. The summed E-state index contributed by atoms with van der Waals surface area (Å²) in [6.45, 7) is 4.10. The van der Waals surface area contributed by atoms with Gasteiger partial charge in [0.15, 0.2) is 0 Å². The molecule has 1 saturated heterocycles. The van der Waals surface area contributed by atoms with Gasteiger partial charge in [0.25, 0.3) is 5.91 Å². The van der Waals surface area contributed by atoms with Gasteiger partial charge in [0.2, 0.25) is 0 Å². The highest BCUT2D eigenvalue weighted by Crippen LogP contribution is 2.32. The van der Waals surface area contributed by atoms with Gasteiger partial charge in [-0.1, -0.05) is 69.4 Å². The Bertz CT molecular complexity index is 609. The van der Waals surface area contributed by atoms with Gasteiger partial charge in [0.1, 0.15) is 5.54 Å². The van der Waals surface area contributed by atoms with Crippen LogP contribution in [0.1, 0.15) is 63.9 Å². The number of nitrogens with zero attached hydrogens (tertiary/aromatic N) is 2. The summed E-state index contributed by atoms with van der Waals surface area (Å²) in [7, 11) is 0. The van der Waals surface area contributed by atoms with E-state index in [1.807, 2.05) is 18.2 Å². The molecule has 1 aliphatic heterocycles. The first kappa shape index (κ1) is 18.9. The van der Waals surface area contributed by atoms with Crippen LogP contribution in [-0.4, -0.2) is 40.5 Å². The average Bonchev–Trinajstić information content (AvgIpc) is 2.84. The first-order valence-corrected chi connectivity index (χ1v) is 10.0. The van der Waals surface area contributed by atoms with Crippen molar-refractivity contribution >= 4 is 11.9 Å². The Hall–Kier alpha value is -1.88. The molecule has 142 valence electrons. The van der Waals surface area contributed by atoms with E-state index < -0.39 is 5.54 Å². The summed E-state index contributed by atoms with van der Waals surface area (Å²) >= 11 is 0. The second-order valence-corrected chi connectivity index (χ2v) is 7.69. The van der Waals surface area contributed by atoms with Crippen LogP contribution in [0.3, 0.4) is 0 Å². The molecule has 1 saturated carbocycles. The van der Waals surface area contributed by atoms with Crippen molar-refractivity contribution in [3.05, 3.63) is 35.9 Å². The Morgan fingerprint density at radius 2 is 1.69 bits per heavy atom. The van der Waals surface area contributed by atoms with E-state index in [2.05, 4.69) is 29.3 Å². The highest BCUT2D eigenvalue weighted by atomic mass is 16.2. The van der Waals surface area contributed by atoms with E-state index in [4.69, 9.17) is 0 Å². The summed E-state index contributed by atoms with van der Waals surface area (Å²) < 4.78 is 0. The molecule has 2 aliphatic rings. The van der Waals surface area contributed by atoms with Gasteiger partial charge < -0.3 is 5.32 Å². The minimum absolute atomic E-state index is 0.0152. The van der Waals surface area contributed by atoms with Crippen LogP contribution in [0.15, 0.2) is 30.3 Å². The Balaban J connectivity index is 1.70. The van der Waals surface area contributed by atoms with E-state index in [0.29, 0.717) is 6.67 Å². The summed E-state index contributed by atoms with van der Waals surface area (Å²) in [5.74, 6) is -0.0152. The monoisotopic (exact) mass is 357 g/mol. The average molecular weight is 357 g/mol. The zero-order valence-electron chi connectivity index (χ0n) is 15.9. The molecule has 1 aliphatic carbocycles. The first-order chi connectivity index (χ1) is 12.6. The molecule has 1 aromatic rings. The number of carbonyl (C=O) groups is 2. The third-order valence-corrected chi connectivity index (χ3v) is 5.58. The number of nitrogens with one attached hydrogen (secondary N) is 1. The molecule has 5 heteroatoms. The minimum atomic E-state index is -0.651. The van der Waals surface area contributed by atoms with Gasteiger partial charge in [-0.3, -0.25) is 9.69 Å². The molecule has 26 heavy (non-hydrogen) atoms. The van der Waals surface area contributed by atoms with Crippen LogP contribution in [0.25, 0.3) is 0 Å². The molecule has 0 aromatic heterocycles. The molecule has 1 heterocycles. The number of carbonyl (C=O) groups excluding carboxylic acids is 2. The zero-order valence-corrected chi connectivity index (χ0v) is 15.9. The van der Waals surface area contributed by atoms with Gasteiger partial charge in [-0.25, -0.2) is 9.69 Å². The van der Waals surface area contributed by atoms with Gasteiger partial charge in [0.05, 0.1) is 6.67 Å². The van der Waals surface area contributed by atoms with E-state index >= 15 is 0 Å². The predicted octanol–water partition coefficient (Wildman–Crippen LogP) is 3.89. The normalized spacial score (nSPS) is 20.3. The first-order valence-electron chi connectivity index (χ1n) is 10.0. The lowest BCUT2D eigenvalue weighted by Crippen LogP contribution is -2.48. The minimum Gasteiger partial charge on any atom is -0.323 e. The Morgan fingerprint density at radius 3 is 2.35 bits per heavy atom. The Kier molecular flexibility index (Phi) is 6.30. The third-order valence-electron chi connectivity index (χ3n) is 5.58. The van der Waals surface area contributed by atoms with Crippen molar-refractivity contribution in [2.45, 2.75) is 70.4 Å². The maximum atomic E-state index is 13.2. The molecule has 3 rings (SSSR count). The summed E-state index contributed by atoms with van der Waals surface area (Å²) in [6.07, 6.45) is 8.12. The van der Waals surface area contributed by atoms with Crippen LogP contribution in [0.4, 0.5) is 4.79 Å². The summed E-state index contributed by atoms with van der Waals surface area (Å²) in [4.78, 5) is 29.4. The summed E-state index contributed by atoms with van der Waals surface area (Å²) in [6, 6.07) is 10.0. The van der Waals surface area contributed by atoms with E-state index in [1.165, 1.54) is 16.9 Å². The molecule has 0 radical (unpaired) electrons. The topological polar surface area (TPSA) is 52.6 Å². The molecular formula is C21H31N3O2. The second-order valence-electron chi connectivity index (χ2n) is 7.69. The number of benzene rings is 1. The Morgan fingerprint density at radius 1 is 1.04 bits per heavy atom. The molecule has 1 spiro atoms.